The zero-order valence-electron chi connectivity index (χ0n) is 16.5. The number of nitrogens with zero attached hydrogens (tertiary/aromatic N) is 1. The van der Waals surface area contributed by atoms with E-state index in [9.17, 15) is 4.79 Å². The van der Waals surface area contributed by atoms with Crippen molar-refractivity contribution in [3.63, 3.8) is 0 Å². The van der Waals surface area contributed by atoms with E-state index >= 15 is 0 Å². The first-order valence-corrected chi connectivity index (χ1v) is 10.3. The van der Waals surface area contributed by atoms with E-state index in [4.69, 9.17) is 0 Å². The smallest absolute Gasteiger partial charge is 0.271 e. The van der Waals surface area contributed by atoms with Crippen molar-refractivity contribution in [2.45, 2.75) is 18.4 Å². The molecule has 30 heavy (non-hydrogen) atoms. The van der Waals surface area contributed by atoms with Gasteiger partial charge in [-0.25, -0.2) is 5.43 Å². The highest BCUT2D eigenvalue weighted by molar-refractivity contribution is 5.94. The van der Waals surface area contributed by atoms with E-state index in [1.165, 1.54) is 16.8 Å². The molecule has 3 aromatic rings. The van der Waals surface area contributed by atoms with Gasteiger partial charge in [0, 0.05) is 17.2 Å². The van der Waals surface area contributed by atoms with Crippen molar-refractivity contribution in [1.82, 2.24) is 5.43 Å². The third kappa shape index (κ3) is 3.52. The molecule has 0 unspecified atom stereocenters. The topological polar surface area (TPSA) is 53.5 Å². The average Bonchev–Trinajstić information content (AvgIpc) is 3.30. The van der Waals surface area contributed by atoms with Crippen LogP contribution >= 0.6 is 0 Å². The number of carbonyl (C=O) groups is 1. The molecule has 3 aromatic carbocycles. The van der Waals surface area contributed by atoms with E-state index in [0.717, 1.165) is 12.0 Å². The zero-order valence-corrected chi connectivity index (χ0v) is 16.5. The Morgan fingerprint density at radius 3 is 2.57 bits per heavy atom. The number of amides is 1. The van der Waals surface area contributed by atoms with Gasteiger partial charge >= 0.3 is 0 Å². The van der Waals surface area contributed by atoms with Crippen molar-refractivity contribution in [2.75, 3.05) is 5.32 Å². The summed E-state index contributed by atoms with van der Waals surface area (Å²) in [6.45, 7) is 0. The van der Waals surface area contributed by atoms with E-state index in [1.54, 1.807) is 6.21 Å². The molecule has 1 aliphatic carbocycles. The highest BCUT2D eigenvalue weighted by Crippen LogP contribution is 2.49. The zero-order chi connectivity index (χ0) is 20.3. The Bertz CT molecular complexity index is 1100. The summed E-state index contributed by atoms with van der Waals surface area (Å²) in [7, 11) is 0. The van der Waals surface area contributed by atoms with Crippen LogP contribution in [0.1, 0.15) is 45.4 Å². The van der Waals surface area contributed by atoms with E-state index in [1.807, 2.05) is 42.5 Å². The van der Waals surface area contributed by atoms with Crippen molar-refractivity contribution >= 4 is 17.8 Å². The number of carbonyl (C=O) groups excluding carboxylic acids is 1. The van der Waals surface area contributed by atoms with Crippen molar-refractivity contribution in [2.24, 2.45) is 11.0 Å². The van der Waals surface area contributed by atoms with Crippen LogP contribution in [0.25, 0.3) is 0 Å². The second-order valence-corrected chi connectivity index (χ2v) is 7.79. The molecular weight excluding hydrogens is 370 g/mol. The first-order chi connectivity index (χ1) is 14.8. The van der Waals surface area contributed by atoms with Gasteiger partial charge in [-0.2, -0.15) is 5.10 Å². The van der Waals surface area contributed by atoms with Crippen molar-refractivity contribution in [1.29, 1.82) is 0 Å². The minimum atomic E-state index is -0.212. The van der Waals surface area contributed by atoms with Crippen LogP contribution in [-0.4, -0.2) is 12.1 Å². The van der Waals surface area contributed by atoms with Crippen molar-refractivity contribution in [3.05, 3.63) is 113 Å². The number of allylic oxidation sites excluding steroid dienone is 2. The molecule has 3 atom stereocenters. The summed E-state index contributed by atoms with van der Waals surface area (Å²) in [4.78, 5) is 12.4. The number of nitrogens with one attached hydrogen (secondary N) is 2. The monoisotopic (exact) mass is 393 g/mol. The molecule has 1 aliphatic heterocycles. The maximum Gasteiger partial charge on any atom is 0.271 e. The van der Waals surface area contributed by atoms with E-state index in [-0.39, 0.29) is 11.9 Å². The lowest BCUT2D eigenvalue weighted by molar-refractivity contribution is 0.0955. The Kier molecular flexibility index (Phi) is 4.89. The number of hydrogen-bond donors (Lipinski definition) is 2. The number of benzene rings is 3. The maximum absolute atomic E-state index is 12.4. The average molecular weight is 393 g/mol. The molecule has 4 nitrogen and oxygen atoms in total. The van der Waals surface area contributed by atoms with Crippen LogP contribution in [0.3, 0.4) is 0 Å². The Labute approximate surface area is 176 Å². The summed E-state index contributed by atoms with van der Waals surface area (Å²) >= 11 is 0. The number of anilines is 1. The lowest BCUT2D eigenvalue weighted by atomic mass is 9.77. The van der Waals surface area contributed by atoms with Crippen LogP contribution in [0, 0.1) is 5.92 Å². The molecule has 0 spiro atoms. The fraction of sp³-hybridized carbons (Fsp3) is 0.154. The number of rotatable bonds is 4. The lowest BCUT2D eigenvalue weighted by Gasteiger charge is -2.37. The van der Waals surface area contributed by atoms with Crippen LogP contribution in [-0.2, 0) is 0 Å². The molecule has 1 heterocycles. The summed E-state index contributed by atoms with van der Waals surface area (Å²) in [5.41, 5.74) is 7.92. The largest absolute Gasteiger partial charge is 0.378 e. The summed E-state index contributed by atoms with van der Waals surface area (Å²) < 4.78 is 0. The minimum absolute atomic E-state index is 0.212. The fourth-order valence-electron chi connectivity index (χ4n) is 4.48. The van der Waals surface area contributed by atoms with Gasteiger partial charge in [0.15, 0.2) is 0 Å². The van der Waals surface area contributed by atoms with Gasteiger partial charge in [0.2, 0.25) is 0 Å². The number of hydrazone groups is 1. The third-order valence-corrected chi connectivity index (χ3v) is 5.98. The predicted molar refractivity (Wildman–Crippen MR) is 121 cm³/mol. The molecule has 2 aliphatic rings. The quantitative estimate of drug-likeness (QED) is 0.360. The van der Waals surface area contributed by atoms with Gasteiger partial charge in [-0.05, 0) is 47.2 Å². The van der Waals surface area contributed by atoms with E-state index < -0.39 is 0 Å². The standard InChI is InChI=1S/C26H23N3O/c30-26(29-27-17-18-7-2-1-3-8-18)20-15-13-19(14-16-20)25-23-11-6-10-21(23)22-9-4-5-12-24(22)28-25/h1-10,12-17,21,23,25,28H,11H2,(H,29,30)/b27-17-/t21-,23+,25-/m0/s1. The normalized spacial score (nSPS) is 21.7. The summed E-state index contributed by atoms with van der Waals surface area (Å²) in [5, 5.41) is 7.78. The molecule has 1 amide bonds. The van der Waals surface area contributed by atoms with Gasteiger partial charge in [-0.1, -0.05) is 72.8 Å². The highest BCUT2D eigenvalue weighted by Gasteiger charge is 2.37. The highest BCUT2D eigenvalue weighted by atomic mass is 16.2. The summed E-state index contributed by atoms with van der Waals surface area (Å²) in [6, 6.07) is 26.3. The molecule has 0 radical (unpaired) electrons. The second kappa shape index (κ2) is 7.99. The minimum Gasteiger partial charge on any atom is -0.378 e. The van der Waals surface area contributed by atoms with Gasteiger partial charge in [0.25, 0.3) is 5.91 Å². The van der Waals surface area contributed by atoms with Crippen LogP contribution in [0.15, 0.2) is 96.1 Å². The lowest BCUT2D eigenvalue weighted by Crippen LogP contribution is -2.29. The summed E-state index contributed by atoms with van der Waals surface area (Å²) in [5.74, 6) is 0.730. The Hall–Kier alpha value is -3.66. The van der Waals surface area contributed by atoms with E-state index in [0.29, 0.717) is 17.4 Å². The Morgan fingerprint density at radius 2 is 1.73 bits per heavy atom. The van der Waals surface area contributed by atoms with Gasteiger partial charge in [-0.3, -0.25) is 4.79 Å². The maximum atomic E-state index is 12.4. The molecule has 0 aromatic heterocycles. The van der Waals surface area contributed by atoms with E-state index in [2.05, 4.69) is 64.4 Å². The molecule has 2 N–H and O–H groups in total. The van der Waals surface area contributed by atoms with Gasteiger partial charge < -0.3 is 5.32 Å². The molecule has 0 saturated carbocycles. The first-order valence-electron chi connectivity index (χ1n) is 10.3. The van der Waals surface area contributed by atoms with Crippen molar-refractivity contribution < 1.29 is 4.79 Å². The molecule has 5 rings (SSSR count). The van der Waals surface area contributed by atoms with Crippen LogP contribution < -0.4 is 10.7 Å². The molecule has 148 valence electrons. The molecule has 0 fully saturated rings. The predicted octanol–water partition coefficient (Wildman–Crippen LogP) is 5.28. The molecule has 0 bridgehead atoms. The first kappa shape index (κ1) is 18.4. The third-order valence-electron chi connectivity index (χ3n) is 5.98. The fourth-order valence-corrected chi connectivity index (χ4v) is 4.48. The van der Waals surface area contributed by atoms with Crippen LogP contribution in [0.2, 0.25) is 0 Å². The number of para-hydroxylation sites is 1. The Morgan fingerprint density at radius 1 is 0.967 bits per heavy atom. The number of fused-ring (bicyclic) bond motifs is 3. The van der Waals surface area contributed by atoms with Gasteiger partial charge in [-0.15, -0.1) is 0 Å². The van der Waals surface area contributed by atoms with Crippen molar-refractivity contribution in [3.8, 4) is 0 Å². The second-order valence-electron chi connectivity index (χ2n) is 7.79. The van der Waals surface area contributed by atoms with Gasteiger partial charge in [0.05, 0.1) is 12.3 Å². The van der Waals surface area contributed by atoms with Gasteiger partial charge in [0.1, 0.15) is 0 Å². The SMILES string of the molecule is O=C(N/N=C\c1ccccc1)c1ccc([C@@H]2Nc3ccccc3[C@@H]3C=CC[C@H]32)cc1. The molecule has 0 saturated heterocycles. The molecule has 4 heteroatoms. The van der Waals surface area contributed by atoms with Crippen LogP contribution in [0.4, 0.5) is 5.69 Å². The Balaban J connectivity index is 1.30. The van der Waals surface area contributed by atoms with Crippen LogP contribution in [0.5, 0.6) is 0 Å². The summed E-state index contributed by atoms with van der Waals surface area (Å²) in [6.07, 6.45) is 7.33. The number of hydrogen-bond acceptors (Lipinski definition) is 3. The molecular formula is C26H23N3O.